The predicted molar refractivity (Wildman–Crippen MR) is 133 cm³/mol. The number of piperazine rings is 1. The minimum Gasteiger partial charge on any atom is -0.339 e. The van der Waals surface area contributed by atoms with Crippen LogP contribution >= 0.6 is 11.6 Å². The van der Waals surface area contributed by atoms with Crippen molar-refractivity contribution in [3.05, 3.63) is 99.8 Å². The highest BCUT2D eigenvalue weighted by molar-refractivity contribution is 6.30. The van der Waals surface area contributed by atoms with Crippen molar-refractivity contribution in [1.29, 1.82) is 0 Å². The largest absolute Gasteiger partial charge is 0.339 e. The molecule has 0 radical (unpaired) electrons. The van der Waals surface area contributed by atoms with Gasteiger partial charge in [0.1, 0.15) is 0 Å². The maximum Gasteiger partial charge on any atom is 0.255 e. The topological polar surface area (TPSA) is 63.1 Å². The Kier molecular flexibility index (Phi) is 6.13. The third kappa shape index (κ3) is 4.44. The van der Waals surface area contributed by atoms with Gasteiger partial charge in [-0.15, -0.1) is 0 Å². The number of benzene rings is 2. The molecule has 4 aromatic rings. The summed E-state index contributed by atoms with van der Waals surface area (Å²) in [5.74, 6) is 0.0103. The number of hydrogen-bond acceptors (Lipinski definition) is 5. The third-order valence-corrected chi connectivity index (χ3v) is 6.36. The van der Waals surface area contributed by atoms with Crippen LogP contribution in [0.5, 0.6) is 0 Å². The summed E-state index contributed by atoms with van der Waals surface area (Å²) in [6, 6.07) is 19.1. The highest BCUT2D eigenvalue weighted by Crippen LogP contribution is 2.27. The van der Waals surface area contributed by atoms with Crippen LogP contribution in [0.15, 0.2) is 77.9 Å². The molecule has 34 heavy (non-hydrogen) atoms. The summed E-state index contributed by atoms with van der Waals surface area (Å²) in [6.07, 6.45) is 2.62. The summed E-state index contributed by atoms with van der Waals surface area (Å²) in [7, 11) is 1.69. The van der Waals surface area contributed by atoms with E-state index in [-0.39, 0.29) is 17.2 Å². The molecule has 172 valence electrons. The Morgan fingerprint density at radius 2 is 1.76 bits per heavy atom. The molecule has 0 amide bonds. The molecular weight excluding hydrogens is 453 g/mol. The maximum atomic E-state index is 14.3. The average Bonchev–Trinajstić information content (AvgIpc) is 2.87. The monoisotopic (exact) mass is 475 g/mol. The van der Waals surface area contributed by atoms with Crippen molar-refractivity contribution in [2.24, 2.45) is 7.05 Å². The van der Waals surface area contributed by atoms with Gasteiger partial charge in [-0.1, -0.05) is 48.0 Å². The molecule has 3 heterocycles. The van der Waals surface area contributed by atoms with Crippen molar-refractivity contribution in [3.8, 4) is 22.4 Å². The van der Waals surface area contributed by atoms with Crippen LogP contribution in [0.1, 0.15) is 11.6 Å². The van der Waals surface area contributed by atoms with E-state index in [2.05, 4.69) is 44.5 Å². The van der Waals surface area contributed by atoms with E-state index in [9.17, 15) is 9.18 Å². The first kappa shape index (κ1) is 22.3. The lowest BCUT2D eigenvalue weighted by Gasteiger charge is -2.35. The second kappa shape index (κ2) is 9.37. The molecule has 2 aromatic carbocycles. The minimum absolute atomic E-state index is 0.0613. The number of hydrogen-bond donors (Lipinski definition) is 1. The van der Waals surface area contributed by atoms with E-state index in [1.807, 2.05) is 24.3 Å². The van der Waals surface area contributed by atoms with E-state index < -0.39 is 5.82 Å². The van der Waals surface area contributed by atoms with Gasteiger partial charge in [-0.05, 0) is 34.9 Å². The normalized spacial score (nSPS) is 16.0. The fourth-order valence-corrected chi connectivity index (χ4v) is 4.36. The molecule has 1 saturated heterocycles. The van der Waals surface area contributed by atoms with Gasteiger partial charge in [0.25, 0.3) is 5.56 Å². The zero-order chi connectivity index (χ0) is 23.7. The second-order valence-electron chi connectivity index (χ2n) is 8.28. The summed E-state index contributed by atoms with van der Waals surface area (Å²) < 4.78 is 15.8. The Hall–Kier alpha value is -3.55. The van der Waals surface area contributed by atoms with Crippen LogP contribution in [0.2, 0.25) is 5.02 Å². The van der Waals surface area contributed by atoms with E-state index >= 15 is 0 Å². The van der Waals surface area contributed by atoms with Crippen molar-refractivity contribution in [2.75, 3.05) is 24.5 Å². The minimum atomic E-state index is -0.506. The van der Waals surface area contributed by atoms with Gasteiger partial charge in [-0.2, -0.15) is 0 Å². The van der Waals surface area contributed by atoms with Crippen molar-refractivity contribution in [1.82, 2.24) is 19.9 Å². The Bertz CT molecular complexity index is 1370. The molecule has 6 nitrogen and oxygen atoms in total. The van der Waals surface area contributed by atoms with Gasteiger partial charge in [0.2, 0.25) is 5.95 Å². The third-order valence-electron chi connectivity index (χ3n) is 6.11. The summed E-state index contributed by atoms with van der Waals surface area (Å²) >= 11 is 6.00. The maximum absolute atomic E-state index is 14.3. The summed E-state index contributed by atoms with van der Waals surface area (Å²) in [5.41, 5.74) is 3.69. The molecule has 1 atom stereocenters. The summed E-state index contributed by atoms with van der Waals surface area (Å²) in [5, 5.41) is 4.26. The van der Waals surface area contributed by atoms with Gasteiger partial charge in [-0.25, -0.2) is 9.37 Å². The second-order valence-corrected chi connectivity index (χ2v) is 8.71. The molecular formula is C26H23ClFN5O. The van der Waals surface area contributed by atoms with E-state index in [0.29, 0.717) is 29.8 Å². The summed E-state index contributed by atoms with van der Waals surface area (Å²) in [6.45, 7) is 2.04. The SMILES string of the molecule is Cn1c(N2CCN[C@@H](c3ccc(-c4ccc(Cl)cc4)cc3)C2)nc(-c2ccncc2F)cc1=O. The first-order valence-corrected chi connectivity index (χ1v) is 11.4. The molecule has 1 fully saturated rings. The summed E-state index contributed by atoms with van der Waals surface area (Å²) in [4.78, 5) is 23.2. The number of rotatable bonds is 4. The Balaban J connectivity index is 1.41. The Morgan fingerprint density at radius 3 is 2.47 bits per heavy atom. The molecule has 0 unspecified atom stereocenters. The number of pyridine rings is 1. The average molecular weight is 476 g/mol. The Labute approximate surface area is 201 Å². The van der Waals surface area contributed by atoms with E-state index in [0.717, 1.165) is 29.4 Å². The Morgan fingerprint density at radius 1 is 1.06 bits per heavy atom. The predicted octanol–water partition coefficient (Wildman–Crippen LogP) is 4.45. The molecule has 5 rings (SSSR count). The smallest absolute Gasteiger partial charge is 0.255 e. The number of aromatic nitrogens is 3. The number of nitrogens with one attached hydrogen (secondary N) is 1. The van der Waals surface area contributed by atoms with Crippen molar-refractivity contribution >= 4 is 17.5 Å². The lowest BCUT2D eigenvalue weighted by atomic mass is 9.99. The standard InChI is InChI=1S/C26H23ClFN5O/c1-32-25(34)14-23(21-10-11-29-15-22(21)28)31-26(32)33-13-12-30-24(16-33)19-4-2-17(3-5-19)18-6-8-20(27)9-7-18/h2-11,14-15,24,30H,12-13,16H2,1H3/t24-/m1/s1. The number of halogens is 2. The van der Waals surface area contributed by atoms with E-state index in [1.54, 1.807) is 7.05 Å². The molecule has 1 N–H and O–H groups in total. The molecule has 0 spiro atoms. The zero-order valence-corrected chi connectivity index (χ0v) is 19.3. The van der Waals surface area contributed by atoms with Crippen LogP contribution in [-0.4, -0.2) is 34.2 Å². The quantitative estimate of drug-likeness (QED) is 0.472. The van der Waals surface area contributed by atoms with Crippen LogP contribution < -0.4 is 15.8 Å². The molecule has 0 saturated carbocycles. The molecule has 0 aliphatic carbocycles. The van der Waals surface area contributed by atoms with Gasteiger partial charge < -0.3 is 10.2 Å². The van der Waals surface area contributed by atoms with E-state index in [1.165, 1.54) is 22.9 Å². The number of nitrogens with zero attached hydrogens (tertiary/aromatic N) is 4. The highest BCUT2D eigenvalue weighted by Gasteiger charge is 2.24. The lowest BCUT2D eigenvalue weighted by Crippen LogP contribution is -2.47. The fourth-order valence-electron chi connectivity index (χ4n) is 4.24. The fraction of sp³-hybridized carbons (Fsp3) is 0.192. The van der Waals surface area contributed by atoms with Gasteiger partial charge in [0.15, 0.2) is 5.82 Å². The van der Waals surface area contributed by atoms with Gasteiger partial charge >= 0.3 is 0 Å². The molecule has 0 bridgehead atoms. The van der Waals surface area contributed by atoms with Crippen LogP contribution in [0.25, 0.3) is 22.4 Å². The van der Waals surface area contributed by atoms with Crippen LogP contribution in [0.4, 0.5) is 10.3 Å². The van der Waals surface area contributed by atoms with Crippen LogP contribution in [0.3, 0.4) is 0 Å². The van der Waals surface area contributed by atoms with Crippen LogP contribution in [-0.2, 0) is 7.05 Å². The van der Waals surface area contributed by atoms with Crippen molar-refractivity contribution in [2.45, 2.75) is 6.04 Å². The van der Waals surface area contributed by atoms with Gasteiger partial charge in [-0.3, -0.25) is 14.3 Å². The van der Waals surface area contributed by atoms with Crippen LogP contribution in [0, 0.1) is 5.82 Å². The van der Waals surface area contributed by atoms with Gasteiger partial charge in [0.05, 0.1) is 11.9 Å². The number of anilines is 1. The highest BCUT2D eigenvalue weighted by atomic mass is 35.5. The van der Waals surface area contributed by atoms with Crippen molar-refractivity contribution in [3.63, 3.8) is 0 Å². The molecule has 1 aliphatic heterocycles. The van der Waals surface area contributed by atoms with E-state index in [4.69, 9.17) is 11.6 Å². The van der Waals surface area contributed by atoms with Crippen molar-refractivity contribution < 1.29 is 4.39 Å². The molecule has 8 heteroatoms. The zero-order valence-electron chi connectivity index (χ0n) is 18.6. The first-order valence-electron chi connectivity index (χ1n) is 11.0. The molecule has 2 aromatic heterocycles. The molecule has 1 aliphatic rings. The lowest BCUT2D eigenvalue weighted by molar-refractivity contribution is 0.462. The van der Waals surface area contributed by atoms with Gasteiger partial charge in [0, 0.05) is 55.6 Å². The first-order chi connectivity index (χ1) is 16.5.